The summed E-state index contributed by atoms with van der Waals surface area (Å²) in [5.41, 5.74) is 2.28. The third-order valence-corrected chi connectivity index (χ3v) is 5.13. The summed E-state index contributed by atoms with van der Waals surface area (Å²) in [7, 11) is 2.00. The molecule has 26 heavy (non-hydrogen) atoms. The number of aromatic nitrogens is 4. The number of ether oxygens (including phenoxy) is 1. The highest BCUT2D eigenvalue weighted by atomic mass is 16.5. The summed E-state index contributed by atoms with van der Waals surface area (Å²) < 4.78 is 7.39. The maximum Gasteiger partial charge on any atom is 0.227 e. The van der Waals surface area contributed by atoms with Crippen LogP contribution < -0.4 is 9.80 Å². The molecule has 4 heterocycles. The Labute approximate surface area is 154 Å². The number of rotatable bonds is 4. The minimum Gasteiger partial charge on any atom is -0.378 e. The van der Waals surface area contributed by atoms with Crippen LogP contribution in [0.2, 0.25) is 0 Å². The molecule has 2 aromatic rings. The molecule has 0 amide bonds. The van der Waals surface area contributed by atoms with Crippen LogP contribution in [0.1, 0.15) is 11.4 Å². The Bertz CT molecular complexity index is 733. The topological polar surface area (TPSA) is 62.5 Å². The molecule has 2 fully saturated rings. The van der Waals surface area contributed by atoms with E-state index >= 15 is 0 Å². The van der Waals surface area contributed by atoms with Crippen molar-refractivity contribution in [2.45, 2.75) is 13.5 Å². The number of morpholine rings is 1. The fraction of sp³-hybridized carbons (Fsp3) is 0.611. The van der Waals surface area contributed by atoms with Crippen LogP contribution in [0.25, 0.3) is 0 Å². The van der Waals surface area contributed by atoms with Crippen molar-refractivity contribution in [2.75, 3.05) is 62.3 Å². The predicted molar refractivity (Wildman–Crippen MR) is 100 cm³/mol. The van der Waals surface area contributed by atoms with Crippen molar-refractivity contribution >= 4 is 11.8 Å². The van der Waals surface area contributed by atoms with Crippen LogP contribution in [0.15, 0.2) is 18.3 Å². The zero-order valence-electron chi connectivity index (χ0n) is 15.6. The fourth-order valence-corrected chi connectivity index (χ4v) is 3.52. The van der Waals surface area contributed by atoms with Crippen molar-refractivity contribution in [2.24, 2.45) is 7.05 Å². The predicted octanol–water partition coefficient (Wildman–Crippen LogP) is 0.677. The molecule has 4 rings (SSSR count). The van der Waals surface area contributed by atoms with Gasteiger partial charge in [-0.05, 0) is 13.0 Å². The monoisotopic (exact) mass is 357 g/mol. The molecule has 2 saturated heterocycles. The molecule has 0 atom stereocenters. The summed E-state index contributed by atoms with van der Waals surface area (Å²) in [6.07, 6.45) is 1.86. The molecular formula is C18H27N7O. The second-order valence-electron chi connectivity index (χ2n) is 6.98. The summed E-state index contributed by atoms with van der Waals surface area (Å²) >= 11 is 0. The number of aryl methyl sites for hydroxylation is 2. The van der Waals surface area contributed by atoms with Gasteiger partial charge in [-0.2, -0.15) is 10.1 Å². The molecule has 0 aromatic carbocycles. The normalized spacial score (nSPS) is 19.2. The number of nitrogens with zero attached hydrogens (tertiary/aromatic N) is 7. The quantitative estimate of drug-likeness (QED) is 0.797. The Morgan fingerprint density at radius 1 is 1.00 bits per heavy atom. The van der Waals surface area contributed by atoms with E-state index in [1.807, 2.05) is 24.9 Å². The first-order valence-electron chi connectivity index (χ1n) is 9.31. The van der Waals surface area contributed by atoms with Crippen LogP contribution in [0.5, 0.6) is 0 Å². The molecule has 0 unspecified atom stereocenters. The average molecular weight is 357 g/mol. The number of hydrogen-bond donors (Lipinski definition) is 0. The van der Waals surface area contributed by atoms with Crippen LogP contribution in [0.4, 0.5) is 11.8 Å². The molecule has 2 aromatic heterocycles. The smallest absolute Gasteiger partial charge is 0.227 e. The van der Waals surface area contributed by atoms with E-state index in [0.29, 0.717) is 0 Å². The summed E-state index contributed by atoms with van der Waals surface area (Å²) in [5.74, 6) is 1.87. The van der Waals surface area contributed by atoms with Crippen molar-refractivity contribution < 1.29 is 4.74 Å². The number of piperazine rings is 1. The number of hydrogen-bond acceptors (Lipinski definition) is 7. The Hall–Kier alpha value is -2.19. The van der Waals surface area contributed by atoms with Gasteiger partial charge in [-0.1, -0.05) is 0 Å². The minimum atomic E-state index is 0.749. The minimum absolute atomic E-state index is 0.749. The molecule has 0 saturated carbocycles. The maximum atomic E-state index is 5.44. The molecule has 2 aliphatic rings. The lowest BCUT2D eigenvalue weighted by molar-refractivity contribution is 0.122. The lowest BCUT2D eigenvalue weighted by Crippen LogP contribution is -2.46. The lowest BCUT2D eigenvalue weighted by Gasteiger charge is -2.36. The molecule has 2 aliphatic heterocycles. The van der Waals surface area contributed by atoms with Crippen molar-refractivity contribution in [3.63, 3.8) is 0 Å². The second kappa shape index (κ2) is 7.59. The molecule has 8 nitrogen and oxygen atoms in total. The van der Waals surface area contributed by atoms with Gasteiger partial charge in [0, 0.05) is 70.8 Å². The molecule has 0 aliphatic carbocycles. The lowest BCUT2D eigenvalue weighted by atomic mass is 10.2. The van der Waals surface area contributed by atoms with Crippen LogP contribution in [0.3, 0.4) is 0 Å². The van der Waals surface area contributed by atoms with Gasteiger partial charge < -0.3 is 14.5 Å². The van der Waals surface area contributed by atoms with Crippen molar-refractivity contribution in [3.8, 4) is 0 Å². The average Bonchev–Trinajstić information content (AvgIpc) is 3.07. The molecule has 0 radical (unpaired) electrons. The third kappa shape index (κ3) is 3.81. The maximum absolute atomic E-state index is 5.44. The van der Waals surface area contributed by atoms with Gasteiger partial charge in [-0.25, -0.2) is 4.98 Å². The van der Waals surface area contributed by atoms with Gasteiger partial charge in [0.25, 0.3) is 0 Å². The van der Waals surface area contributed by atoms with Crippen molar-refractivity contribution in [3.05, 3.63) is 29.7 Å². The van der Waals surface area contributed by atoms with E-state index in [2.05, 4.69) is 36.9 Å². The van der Waals surface area contributed by atoms with Gasteiger partial charge in [0.15, 0.2) is 0 Å². The van der Waals surface area contributed by atoms with Crippen molar-refractivity contribution in [1.82, 2.24) is 24.6 Å². The molecule has 0 N–H and O–H groups in total. The first kappa shape index (κ1) is 17.2. The van der Waals surface area contributed by atoms with E-state index in [1.54, 1.807) is 0 Å². The van der Waals surface area contributed by atoms with E-state index in [0.717, 1.165) is 76.5 Å². The first-order chi connectivity index (χ1) is 12.7. The molecule has 8 heteroatoms. The Morgan fingerprint density at radius 3 is 2.46 bits per heavy atom. The van der Waals surface area contributed by atoms with Crippen LogP contribution in [-0.2, 0) is 18.3 Å². The molecular weight excluding hydrogens is 330 g/mol. The zero-order valence-corrected chi connectivity index (χ0v) is 15.6. The van der Waals surface area contributed by atoms with Crippen LogP contribution >= 0.6 is 0 Å². The third-order valence-electron chi connectivity index (χ3n) is 5.13. The largest absolute Gasteiger partial charge is 0.378 e. The van der Waals surface area contributed by atoms with Gasteiger partial charge >= 0.3 is 0 Å². The molecule has 0 spiro atoms. The highest BCUT2D eigenvalue weighted by Gasteiger charge is 2.21. The molecule has 140 valence electrons. The zero-order chi connectivity index (χ0) is 17.9. The second-order valence-corrected chi connectivity index (χ2v) is 6.98. The summed E-state index contributed by atoms with van der Waals surface area (Å²) in [5, 5.41) is 4.26. The van der Waals surface area contributed by atoms with Gasteiger partial charge in [0.05, 0.1) is 18.9 Å². The SMILES string of the molecule is Cc1cc(N2CCN(Cc3ccnn3C)CC2)nc(N2CCOCC2)n1. The standard InChI is InChI=1S/C18H27N7O/c1-15-13-17(21-18(20-15)25-9-11-26-12-10-25)24-7-5-23(6-8-24)14-16-3-4-19-22(16)2/h3-4,13H,5-12,14H2,1-2H3. The van der Waals surface area contributed by atoms with Gasteiger partial charge in [0.2, 0.25) is 5.95 Å². The summed E-state index contributed by atoms with van der Waals surface area (Å²) in [4.78, 5) is 16.6. The Kier molecular flexibility index (Phi) is 5.03. The van der Waals surface area contributed by atoms with E-state index < -0.39 is 0 Å². The van der Waals surface area contributed by atoms with Crippen LogP contribution in [-0.4, -0.2) is 77.1 Å². The summed E-state index contributed by atoms with van der Waals surface area (Å²) in [6.45, 7) is 10.2. The van der Waals surface area contributed by atoms with E-state index in [1.165, 1.54) is 5.69 Å². The molecule has 0 bridgehead atoms. The van der Waals surface area contributed by atoms with Crippen molar-refractivity contribution in [1.29, 1.82) is 0 Å². The fourth-order valence-electron chi connectivity index (χ4n) is 3.52. The summed E-state index contributed by atoms with van der Waals surface area (Å²) in [6, 6.07) is 4.19. The van der Waals surface area contributed by atoms with Gasteiger partial charge in [-0.15, -0.1) is 0 Å². The highest BCUT2D eigenvalue weighted by Crippen LogP contribution is 2.20. The Morgan fingerprint density at radius 2 is 1.77 bits per heavy atom. The highest BCUT2D eigenvalue weighted by molar-refractivity contribution is 5.46. The first-order valence-corrected chi connectivity index (χ1v) is 9.31. The van der Waals surface area contributed by atoms with E-state index in [-0.39, 0.29) is 0 Å². The van der Waals surface area contributed by atoms with E-state index in [9.17, 15) is 0 Å². The van der Waals surface area contributed by atoms with Crippen LogP contribution in [0, 0.1) is 6.92 Å². The van der Waals surface area contributed by atoms with Gasteiger partial charge in [-0.3, -0.25) is 9.58 Å². The number of anilines is 2. The van der Waals surface area contributed by atoms with Gasteiger partial charge in [0.1, 0.15) is 5.82 Å². The Balaban J connectivity index is 1.40. The van der Waals surface area contributed by atoms with E-state index in [4.69, 9.17) is 9.72 Å².